The van der Waals surface area contributed by atoms with E-state index in [9.17, 15) is 9.90 Å². The van der Waals surface area contributed by atoms with E-state index in [1.54, 1.807) is 0 Å². The summed E-state index contributed by atoms with van der Waals surface area (Å²) in [6.07, 6.45) is 7.48. The smallest absolute Gasteiger partial charge is 0.339 e. The van der Waals surface area contributed by atoms with Crippen molar-refractivity contribution in [1.29, 1.82) is 0 Å². The average molecular weight is 284 g/mol. The van der Waals surface area contributed by atoms with Gasteiger partial charge in [0.15, 0.2) is 0 Å². The monoisotopic (exact) mass is 284 g/mol. The van der Waals surface area contributed by atoms with E-state index < -0.39 is 5.97 Å². The Morgan fingerprint density at radius 1 is 1.05 bits per heavy atom. The first-order valence-corrected chi connectivity index (χ1v) is 7.63. The van der Waals surface area contributed by atoms with Crippen LogP contribution in [-0.2, 0) is 0 Å². The summed E-state index contributed by atoms with van der Waals surface area (Å²) in [4.78, 5) is 18.1. The molecule has 1 aliphatic rings. The molecule has 0 saturated carbocycles. The van der Waals surface area contributed by atoms with Crippen LogP contribution in [-0.4, -0.2) is 29.1 Å². The number of carboxylic acids is 1. The fourth-order valence-corrected chi connectivity index (χ4v) is 3.10. The average Bonchev–Trinajstić information content (AvgIpc) is 2.46. The number of hydrogen-bond donors (Lipinski definition) is 1. The molecule has 1 N–H and O–H groups in total. The highest BCUT2D eigenvalue weighted by Crippen LogP contribution is 2.31. The minimum absolute atomic E-state index is 0.314. The second kappa shape index (κ2) is 6.12. The molecule has 1 aromatic heterocycles. The van der Waals surface area contributed by atoms with E-state index in [-0.39, 0.29) is 0 Å². The number of carbonyl (C=O) groups is 1. The van der Waals surface area contributed by atoms with Crippen molar-refractivity contribution in [1.82, 2.24) is 4.98 Å². The quantitative estimate of drug-likeness (QED) is 0.913. The van der Waals surface area contributed by atoms with Crippen LogP contribution >= 0.6 is 0 Å². The Morgan fingerprint density at radius 3 is 2.43 bits per heavy atom. The normalized spacial score (nSPS) is 16.5. The Morgan fingerprint density at radius 2 is 1.71 bits per heavy atom. The topological polar surface area (TPSA) is 53.4 Å². The summed E-state index contributed by atoms with van der Waals surface area (Å²) in [5.41, 5.74) is 2.02. The molecule has 0 bridgehead atoms. The molecule has 1 aromatic carbocycles. The molecule has 0 spiro atoms. The highest BCUT2D eigenvalue weighted by molar-refractivity contribution is 6.04. The van der Waals surface area contributed by atoms with Crippen molar-refractivity contribution in [2.45, 2.75) is 32.1 Å². The summed E-state index contributed by atoms with van der Waals surface area (Å²) >= 11 is 0. The second-order valence-electron chi connectivity index (χ2n) is 5.60. The lowest BCUT2D eigenvalue weighted by molar-refractivity contribution is 0.0697. The highest BCUT2D eigenvalue weighted by atomic mass is 16.4. The van der Waals surface area contributed by atoms with Gasteiger partial charge in [-0.25, -0.2) is 4.79 Å². The van der Waals surface area contributed by atoms with Crippen LogP contribution in [0.4, 0.5) is 5.69 Å². The van der Waals surface area contributed by atoms with Gasteiger partial charge in [-0.1, -0.05) is 37.5 Å². The van der Waals surface area contributed by atoms with Crippen LogP contribution in [0.2, 0.25) is 0 Å². The lowest BCUT2D eigenvalue weighted by atomic mass is 10.0. The number of aromatic carboxylic acids is 1. The molecule has 0 radical (unpaired) electrons. The number of benzene rings is 1. The van der Waals surface area contributed by atoms with Crippen molar-refractivity contribution < 1.29 is 9.90 Å². The number of rotatable bonds is 2. The summed E-state index contributed by atoms with van der Waals surface area (Å²) < 4.78 is 0. The Hall–Kier alpha value is -2.10. The molecule has 1 saturated heterocycles. The maximum atomic E-state index is 11.6. The number of carboxylic acid groups (broad SMARTS) is 1. The van der Waals surface area contributed by atoms with E-state index in [1.807, 2.05) is 24.3 Å². The predicted molar refractivity (Wildman–Crippen MR) is 84.0 cm³/mol. The molecular formula is C17H20N2O2. The van der Waals surface area contributed by atoms with Gasteiger partial charge in [0.1, 0.15) is 5.56 Å². The Kier molecular flexibility index (Phi) is 4.04. The minimum Gasteiger partial charge on any atom is -0.478 e. The number of anilines is 1. The van der Waals surface area contributed by atoms with E-state index in [4.69, 9.17) is 0 Å². The number of pyridine rings is 1. The van der Waals surface area contributed by atoms with Crippen LogP contribution in [0.1, 0.15) is 42.5 Å². The van der Waals surface area contributed by atoms with Crippen LogP contribution in [0, 0.1) is 0 Å². The third-order valence-corrected chi connectivity index (χ3v) is 4.15. The third kappa shape index (κ3) is 2.84. The summed E-state index contributed by atoms with van der Waals surface area (Å²) in [5, 5.41) is 10.5. The van der Waals surface area contributed by atoms with E-state index in [2.05, 4.69) is 9.88 Å². The number of aromatic nitrogens is 1. The van der Waals surface area contributed by atoms with Gasteiger partial charge in [-0.3, -0.25) is 4.98 Å². The molecule has 3 rings (SSSR count). The Labute approximate surface area is 124 Å². The summed E-state index contributed by atoms with van der Waals surface area (Å²) in [5.74, 6) is -0.898. The first-order valence-electron chi connectivity index (χ1n) is 7.63. The van der Waals surface area contributed by atoms with Gasteiger partial charge < -0.3 is 10.0 Å². The van der Waals surface area contributed by atoms with Gasteiger partial charge in [0.05, 0.1) is 11.2 Å². The van der Waals surface area contributed by atoms with Crippen molar-refractivity contribution in [3.63, 3.8) is 0 Å². The molecule has 0 aliphatic carbocycles. The van der Waals surface area contributed by atoms with Crippen molar-refractivity contribution in [3.05, 3.63) is 36.0 Å². The largest absolute Gasteiger partial charge is 0.478 e. The summed E-state index contributed by atoms with van der Waals surface area (Å²) in [6.45, 7) is 1.85. The molecule has 1 aliphatic heterocycles. The van der Waals surface area contributed by atoms with Gasteiger partial charge in [0, 0.05) is 24.7 Å². The molecule has 0 amide bonds. The van der Waals surface area contributed by atoms with Gasteiger partial charge >= 0.3 is 5.97 Å². The highest BCUT2D eigenvalue weighted by Gasteiger charge is 2.20. The SMILES string of the molecule is O=C(O)c1cnc2ccccc2c1N1CCCCCCC1. The molecule has 1 fully saturated rings. The molecule has 0 atom stereocenters. The standard InChI is InChI=1S/C17H20N2O2/c20-17(21)14-12-18-15-9-5-4-8-13(15)16(14)19-10-6-2-1-3-7-11-19/h4-5,8-9,12H,1-3,6-7,10-11H2,(H,20,21). The fraction of sp³-hybridized carbons (Fsp3) is 0.412. The van der Waals surface area contributed by atoms with Crippen LogP contribution in [0.5, 0.6) is 0 Å². The summed E-state index contributed by atoms with van der Waals surface area (Å²) in [7, 11) is 0. The fourth-order valence-electron chi connectivity index (χ4n) is 3.10. The van der Waals surface area contributed by atoms with E-state index in [0.717, 1.165) is 42.5 Å². The van der Waals surface area contributed by atoms with E-state index in [0.29, 0.717) is 5.56 Å². The van der Waals surface area contributed by atoms with Crippen LogP contribution < -0.4 is 4.90 Å². The maximum Gasteiger partial charge on any atom is 0.339 e. The first kappa shape index (κ1) is 13.9. The van der Waals surface area contributed by atoms with Crippen LogP contribution in [0.3, 0.4) is 0 Å². The number of fused-ring (bicyclic) bond motifs is 1. The van der Waals surface area contributed by atoms with E-state index in [1.165, 1.54) is 25.5 Å². The molecule has 110 valence electrons. The lowest BCUT2D eigenvalue weighted by Crippen LogP contribution is -2.29. The molecule has 4 nitrogen and oxygen atoms in total. The molecular weight excluding hydrogens is 264 g/mol. The van der Waals surface area contributed by atoms with Crippen molar-refractivity contribution in [3.8, 4) is 0 Å². The maximum absolute atomic E-state index is 11.6. The third-order valence-electron chi connectivity index (χ3n) is 4.15. The van der Waals surface area contributed by atoms with Crippen molar-refractivity contribution in [2.75, 3.05) is 18.0 Å². The zero-order valence-corrected chi connectivity index (χ0v) is 12.1. The first-order chi connectivity index (χ1) is 10.3. The zero-order valence-electron chi connectivity index (χ0n) is 12.1. The molecule has 2 heterocycles. The number of para-hydroxylation sites is 1. The number of hydrogen-bond acceptors (Lipinski definition) is 3. The molecule has 4 heteroatoms. The Balaban J connectivity index is 2.12. The van der Waals surface area contributed by atoms with Gasteiger partial charge in [0.25, 0.3) is 0 Å². The molecule has 21 heavy (non-hydrogen) atoms. The number of nitrogens with zero attached hydrogens (tertiary/aromatic N) is 2. The summed E-state index contributed by atoms with van der Waals surface area (Å²) in [6, 6.07) is 7.80. The molecule has 0 unspecified atom stereocenters. The van der Waals surface area contributed by atoms with Gasteiger partial charge in [0.2, 0.25) is 0 Å². The zero-order chi connectivity index (χ0) is 14.7. The minimum atomic E-state index is -0.898. The second-order valence-corrected chi connectivity index (χ2v) is 5.60. The van der Waals surface area contributed by atoms with Crippen molar-refractivity contribution >= 4 is 22.6 Å². The van der Waals surface area contributed by atoms with Crippen molar-refractivity contribution in [2.24, 2.45) is 0 Å². The van der Waals surface area contributed by atoms with Gasteiger partial charge in [-0.05, 0) is 18.9 Å². The lowest BCUT2D eigenvalue weighted by Gasteiger charge is -2.29. The molecule has 2 aromatic rings. The van der Waals surface area contributed by atoms with Crippen LogP contribution in [0.25, 0.3) is 10.9 Å². The predicted octanol–water partition coefficient (Wildman–Crippen LogP) is 3.70. The van der Waals surface area contributed by atoms with E-state index >= 15 is 0 Å². The van der Waals surface area contributed by atoms with Gasteiger partial charge in [-0.2, -0.15) is 0 Å². The Bertz CT molecular complexity index is 646. The van der Waals surface area contributed by atoms with Gasteiger partial charge in [-0.15, -0.1) is 0 Å². The van der Waals surface area contributed by atoms with Crippen LogP contribution in [0.15, 0.2) is 30.5 Å².